The highest BCUT2D eigenvalue weighted by molar-refractivity contribution is 5.80. The standard InChI is InChI=1S/C19H31N5/c1-4-6-14(5-2)16-11-24(15-8-7-13(9-15)10-20)19-17(16)18(21)22-12-23(19)3/h4-6,11,13,15,18,22H,7-10,12,20-21H2,1-3H3/b6-4-,14-5+. The number of hydrogen-bond acceptors (Lipinski definition) is 4. The zero-order valence-corrected chi connectivity index (χ0v) is 15.1. The molecule has 132 valence electrons. The first-order valence-electron chi connectivity index (χ1n) is 9.04. The molecule has 3 atom stereocenters. The van der Waals surface area contributed by atoms with Gasteiger partial charge in [-0.25, -0.2) is 0 Å². The summed E-state index contributed by atoms with van der Waals surface area (Å²) in [6.45, 7) is 5.71. The minimum Gasteiger partial charge on any atom is -0.348 e. The van der Waals surface area contributed by atoms with E-state index in [2.05, 4.69) is 60.1 Å². The highest BCUT2D eigenvalue weighted by atomic mass is 15.3. The zero-order chi connectivity index (χ0) is 17.3. The van der Waals surface area contributed by atoms with Crippen LogP contribution in [-0.2, 0) is 0 Å². The molecule has 24 heavy (non-hydrogen) atoms. The molecule has 1 aromatic rings. The van der Waals surface area contributed by atoms with Gasteiger partial charge >= 0.3 is 0 Å². The molecular weight excluding hydrogens is 298 g/mol. The minimum absolute atomic E-state index is 0.126. The van der Waals surface area contributed by atoms with Gasteiger partial charge < -0.3 is 20.9 Å². The molecular formula is C19H31N5. The minimum atomic E-state index is -0.126. The summed E-state index contributed by atoms with van der Waals surface area (Å²) in [5.74, 6) is 1.91. The van der Waals surface area contributed by atoms with Gasteiger partial charge in [0.05, 0.1) is 12.8 Å². The second-order valence-electron chi connectivity index (χ2n) is 7.04. The fraction of sp³-hybridized carbons (Fsp3) is 0.579. The molecule has 5 nitrogen and oxygen atoms in total. The van der Waals surface area contributed by atoms with Gasteiger partial charge in [-0.15, -0.1) is 0 Å². The van der Waals surface area contributed by atoms with E-state index < -0.39 is 0 Å². The SMILES string of the molecule is C/C=C\C(=C/C)c1cn(C2CCC(CN)C2)c2c1C(N)NCN2C. The van der Waals surface area contributed by atoms with Gasteiger partial charge in [0.25, 0.3) is 0 Å². The number of hydrogen-bond donors (Lipinski definition) is 3. The number of nitrogens with zero attached hydrogens (tertiary/aromatic N) is 2. The van der Waals surface area contributed by atoms with Gasteiger partial charge in [0.15, 0.2) is 0 Å². The van der Waals surface area contributed by atoms with Crippen molar-refractivity contribution >= 4 is 11.4 Å². The van der Waals surface area contributed by atoms with E-state index in [1.54, 1.807) is 0 Å². The maximum absolute atomic E-state index is 6.44. The maximum atomic E-state index is 6.44. The molecule has 0 spiro atoms. The lowest BCUT2D eigenvalue weighted by Crippen LogP contribution is -2.44. The lowest BCUT2D eigenvalue weighted by atomic mass is 10.0. The number of nitrogens with two attached hydrogens (primary N) is 2. The summed E-state index contributed by atoms with van der Waals surface area (Å²) in [7, 11) is 2.14. The molecule has 5 N–H and O–H groups in total. The van der Waals surface area contributed by atoms with Gasteiger partial charge in [-0.3, -0.25) is 5.32 Å². The zero-order valence-electron chi connectivity index (χ0n) is 15.1. The number of allylic oxidation sites excluding steroid dienone is 4. The van der Waals surface area contributed by atoms with Gasteiger partial charge in [0.2, 0.25) is 0 Å². The normalized spacial score (nSPS) is 28.0. The third kappa shape index (κ3) is 2.92. The van der Waals surface area contributed by atoms with Crippen molar-refractivity contribution in [1.82, 2.24) is 9.88 Å². The van der Waals surface area contributed by atoms with Crippen molar-refractivity contribution in [2.75, 3.05) is 25.2 Å². The second kappa shape index (κ2) is 7.13. The van der Waals surface area contributed by atoms with Gasteiger partial charge in [0.1, 0.15) is 5.82 Å². The van der Waals surface area contributed by atoms with Crippen LogP contribution in [0.1, 0.15) is 56.4 Å². The third-order valence-electron chi connectivity index (χ3n) is 5.47. The summed E-state index contributed by atoms with van der Waals surface area (Å²) in [5, 5.41) is 3.39. The molecule has 0 saturated heterocycles. The van der Waals surface area contributed by atoms with E-state index in [4.69, 9.17) is 11.5 Å². The highest BCUT2D eigenvalue weighted by Crippen LogP contribution is 2.43. The monoisotopic (exact) mass is 329 g/mol. The van der Waals surface area contributed by atoms with Crippen LogP contribution in [0.25, 0.3) is 5.57 Å². The lowest BCUT2D eigenvalue weighted by Gasteiger charge is -2.33. The smallest absolute Gasteiger partial charge is 0.116 e. The highest BCUT2D eigenvalue weighted by Gasteiger charge is 2.33. The van der Waals surface area contributed by atoms with Crippen LogP contribution in [0.4, 0.5) is 5.82 Å². The summed E-state index contributed by atoms with van der Waals surface area (Å²) in [6, 6.07) is 0.525. The Morgan fingerprint density at radius 1 is 1.38 bits per heavy atom. The topological polar surface area (TPSA) is 72.2 Å². The molecule has 0 bridgehead atoms. The van der Waals surface area contributed by atoms with Crippen LogP contribution < -0.4 is 21.7 Å². The van der Waals surface area contributed by atoms with Crippen LogP contribution in [-0.4, -0.2) is 24.8 Å². The first kappa shape index (κ1) is 17.3. The molecule has 2 heterocycles. The van der Waals surface area contributed by atoms with E-state index in [9.17, 15) is 0 Å². The van der Waals surface area contributed by atoms with Crippen LogP contribution in [0.15, 0.2) is 24.4 Å². The molecule has 0 aromatic carbocycles. The van der Waals surface area contributed by atoms with Crippen LogP contribution in [0.2, 0.25) is 0 Å². The Morgan fingerprint density at radius 3 is 2.79 bits per heavy atom. The molecule has 1 aromatic heterocycles. The quantitative estimate of drug-likeness (QED) is 0.743. The second-order valence-corrected chi connectivity index (χ2v) is 7.04. The van der Waals surface area contributed by atoms with Gasteiger partial charge in [-0.2, -0.15) is 0 Å². The Morgan fingerprint density at radius 2 is 2.17 bits per heavy atom. The molecule has 1 fully saturated rings. The Hall–Kier alpha value is -1.56. The van der Waals surface area contributed by atoms with E-state index in [1.807, 2.05) is 0 Å². The van der Waals surface area contributed by atoms with E-state index in [1.165, 1.54) is 41.8 Å². The Labute approximate surface area is 145 Å². The van der Waals surface area contributed by atoms with Crippen molar-refractivity contribution in [2.45, 2.75) is 45.3 Å². The molecule has 0 amide bonds. The number of aromatic nitrogens is 1. The molecule has 1 aliphatic carbocycles. The molecule has 1 aliphatic heterocycles. The van der Waals surface area contributed by atoms with Crippen LogP contribution in [0.5, 0.6) is 0 Å². The molecule has 2 aliphatic rings. The van der Waals surface area contributed by atoms with E-state index in [0.717, 1.165) is 13.2 Å². The van der Waals surface area contributed by atoms with Crippen LogP contribution >= 0.6 is 0 Å². The van der Waals surface area contributed by atoms with E-state index in [0.29, 0.717) is 12.0 Å². The van der Waals surface area contributed by atoms with E-state index >= 15 is 0 Å². The molecule has 3 unspecified atom stereocenters. The van der Waals surface area contributed by atoms with Gasteiger partial charge in [-0.1, -0.05) is 18.2 Å². The van der Waals surface area contributed by atoms with Crippen molar-refractivity contribution in [3.05, 3.63) is 35.6 Å². The number of nitrogens with one attached hydrogen (secondary N) is 1. The Bertz CT molecular complexity index is 642. The number of anilines is 1. The summed E-state index contributed by atoms with van der Waals surface area (Å²) < 4.78 is 2.47. The summed E-state index contributed by atoms with van der Waals surface area (Å²) in [6.07, 6.45) is 12.2. The average Bonchev–Trinajstić information content (AvgIpc) is 3.20. The summed E-state index contributed by atoms with van der Waals surface area (Å²) in [4.78, 5) is 2.28. The maximum Gasteiger partial charge on any atom is 0.116 e. The van der Waals surface area contributed by atoms with Crippen molar-refractivity contribution in [3.8, 4) is 0 Å². The fourth-order valence-corrected chi connectivity index (χ4v) is 4.20. The number of fused-ring (bicyclic) bond motifs is 1. The average molecular weight is 329 g/mol. The first-order valence-corrected chi connectivity index (χ1v) is 9.04. The first-order chi connectivity index (χ1) is 11.6. The molecule has 5 heteroatoms. The fourth-order valence-electron chi connectivity index (χ4n) is 4.20. The molecule has 1 saturated carbocycles. The predicted octanol–water partition coefficient (Wildman–Crippen LogP) is 2.72. The van der Waals surface area contributed by atoms with Crippen molar-refractivity contribution in [3.63, 3.8) is 0 Å². The lowest BCUT2D eigenvalue weighted by molar-refractivity contribution is 0.464. The summed E-state index contributed by atoms with van der Waals surface area (Å²) >= 11 is 0. The van der Waals surface area contributed by atoms with Gasteiger partial charge in [-0.05, 0) is 51.1 Å². The molecule has 0 radical (unpaired) electrons. The largest absolute Gasteiger partial charge is 0.348 e. The van der Waals surface area contributed by atoms with Crippen LogP contribution in [0, 0.1) is 5.92 Å². The van der Waals surface area contributed by atoms with Crippen molar-refractivity contribution < 1.29 is 0 Å². The van der Waals surface area contributed by atoms with Gasteiger partial charge in [0, 0.05) is 30.4 Å². The predicted molar refractivity (Wildman–Crippen MR) is 102 cm³/mol. The Balaban J connectivity index is 2.10. The van der Waals surface area contributed by atoms with Crippen molar-refractivity contribution in [2.24, 2.45) is 17.4 Å². The van der Waals surface area contributed by atoms with E-state index in [-0.39, 0.29) is 6.17 Å². The third-order valence-corrected chi connectivity index (χ3v) is 5.47. The Kier molecular flexibility index (Phi) is 5.13. The van der Waals surface area contributed by atoms with Crippen LogP contribution in [0.3, 0.4) is 0 Å². The summed E-state index contributed by atoms with van der Waals surface area (Å²) in [5.41, 5.74) is 16.0. The molecule has 3 rings (SSSR count). The number of rotatable bonds is 4. The van der Waals surface area contributed by atoms with Crippen molar-refractivity contribution in [1.29, 1.82) is 0 Å².